The molecule has 3 aromatic carbocycles. The van der Waals surface area contributed by atoms with Crippen LogP contribution in [0.5, 0.6) is 0 Å². The number of sulfonamides is 1. The van der Waals surface area contributed by atoms with E-state index in [2.05, 4.69) is 12.1 Å². The van der Waals surface area contributed by atoms with Crippen LogP contribution in [0, 0.1) is 5.82 Å². The summed E-state index contributed by atoms with van der Waals surface area (Å²) < 4.78 is 49.3. The van der Waals surface area contributed by atoms with E-state index in [9.17, 15) is 12.8 Å². The maximum absolute atomic E-state index is 14.7. The summed E-state index contributed by atoms with van der Waals surface area (Å²) in [4.78, 5) is 5.78. The minimum absolute atomic E-state index is 0.238. The number of morpholine rings is 1. The van der Waals surface area contributed by atoms with Gasteiger partial charge in [-0.15, -0.1) is 11.3 Å². The van der Waals surface area contributed by atoms with Gasteiger partial charge in [0.1, 0.15) is 5.82 Å². The van der Waals surface area contributed by atoms with Crippen molar-refractivity contribution in [1.29, 1.82) is 0 Å². The summed E-state index contributed by atoms with van der Waals surface area (Å²) >= 11 is 1.44. The van der Waals surface area contributed by atoms with Crippen molar-refractivity contribution in [2.45, 2.75) is 24.3 Å². The Morgan fingerprint density at radius 1 is 0.919 bits per heavy atom. The molecule has 0 radical (unpaired) electrons. The van der Waals surface area contributed by atoms with Gasteiger partial charge in [0.15, 0.2) is 4.80 Å². The van der Waals surface area contributed by atoms with E-state index < -0.39 is 10.0 Å². The Balaban J connectivity index is 1.44. The Kier molecular flexibility index (Phi) is 7.95. The summed E-state index contributed by atoms with van der Waals surface area (Å²) in [5, 5.41) is 1.93. The van der Waals surface area contributed by atoms with Crippen molar-refractivity contribution >= 4 is 27.0 Å². The molecule has 1 aliphatic rings. The number of aryl methyl sites for hydroxylation is 1. The van der Waals surface area contributed by atoms with E-state index in [4.69, 9.17) is 9.73 Å². The predicted molar refractivity (Wildman–Crippen MR) is 144 cm³/mol. The number of rotatable bonds is 8. The fourth-order valence-corrected chi connectivity index (χ4v) is 6.70. The van der Waals surface area contributed by atoms with Crippen molar-refractivity contribution in [3.05, 3.63) is 100 Å². The van der Waals surface area contributed by atoms with Gasteiger partial charge in [-0.25, -0.2) is 17.8 Å². The lowest BCUT2D eigenvalue weighted by atomic mass is 10.1. The van der Waals surface area contributed by atoms with Crippen molar-refractivity contribution < 1.29 is 17.5 Å². The molecule has 0 aliphatic carbocycles. The van der Waals surface area contributed by atoms with Gasteiger partial charge >= 0.3 is 0 Å². The quantitative estimate of drug-likeness (QED) is 0.309. The first kappa shape index (κ1) is 25.5. The summed E-state index contributed by atoms with van der Waals surface area (Å²) in [6.45, 7) is 2.18. The van der Waals surface area contributed by atoms with Gasteiger partial charge in [0.25, 0.3) is 0 Å². The van der Waals surface area contributed by atoms with E-state index >= 15 is 0 Å². The summed E-state index contributed by atoms with van der Waals surface area (Å²) in [6, 6.07) is 23.6. The minimum Gasteiger partial charge on any atom is -0.379 e. The van der Waals surface area contributed by atoms with Gasteiger partial charge in [0, 0.05) is 30.6 Å². The molecule has 192 valence electrons. The van der Waals surface area contributed by atoms with Crippen molar-refractivity contribution in [2.75, 3.05) is 26.3 Å². The molecule has 0 atom stereocenters. The monoisotopic (exact) mass is 537 g/mol. The number of thiazole rings is 1. The number of aromatic nitrogens is 1. The van der Waals surface area contributed by atoms with Crippen LogP contribution in [0.15, 0.2) is 94.1 Å². The second-order valence-corrected chi connectivity index (χ2v) is 11.5. The molecular weight excluding hydrogens is 509 g/mol. The maximum atomic E-state index is 14.7. The van der Waals surface area contributed by atoms with Gasteiger partial charge in [0.2, 0.25) is 10.0 Å². The maximum Gasteiger partial charge on any atom is 0.243 e. The largest absolute Gasteiger partial charge is 0.379 e. The third-order valence-corrected chi connectivity index (χ3v) is 9.08. The molecule has 2 heterocycles. The standard InChI is InChI=1S/C28H28FN3O3S2/c29-26-11-5-4-10-25(26)27-21-36-28(32(27)16-6-9-22-7-2-1-3-8-22)30-23-12-14-24(15-13-23)37(33,34)31-17-19-35-20-18-31/h1-5,7-8,10-15,21H,6,9,16-20H2. The molecule has 5 rings (SSSR count). The average molecular weight is 538 g/mol. The van der Waals surface area contributed by atoms with Crippen LogP contribution in [0.1, 0.15) is 12.0 Å². The van der Waals surface area contributed by atoms with E-state index in [1.54, 1.807) is 36.4 Å². The van der Waals surface area contributed by atoms with Gasteiger partial charge in [0.05, 0.1) is 29.5 Å². The highest BCUT2D eigenvalue weighted by atomic mass is 32.2. The van der Waals surface area contributed by atoms with Crippen LogP contribution in [0.2, 0.25) is 0 Å². The molecule has 1 aromatic heterocycles. The van der Waals surface area contributed by atoms with Gasteiger partial charge in [-0.3, -0.25) is 0 Å². The number of hydrogen-bond donors (Lipinski definition) is 0. The van der Waals surface area contributed by atoms with Crippen LogP contribution in [0.4, 0.5) is 10.1 Å². The highest BCUT2D eigenvalue weighted by Crippen LogP contribution is 2.25. The Labute approximate surface area is 220 Å². The normalized spacial score (nSPS) is 15.2. The van der Waals surface area contributed by atoms with E-state index in [-0.39, 0.29) is 10.7 Å². The lowest BCUT2D eigenvalue weighted by molar-refractivity contribution is 0.0730. The summed E-state index contributed by atoms with van der Waals surface area (Å²) in [6.07, 6.45) is 1.76. The van der Waals surface area contributed by atoms with Crippen molar-refractivity contribution in [3.63, 3.8) is 0 Å². The first-order chi connectivity index (χ1) is 18.0. The Bertz CT molecular complexity index is 1510. The van der Waals surface area contributed by atoms with E-state index in [1.165, 1.54) is 27.3 Å². The molecule has 0 saturated carbocycles. The van der Waals surface area contributed by atoms with Crippen LogP contribution < -0.4 is 4.80 Å². The molecule has 6 nitrogen and oxygen atoms in total. The number of benzene rings is 3. The molecule has 1 fully saturated rings. The first-order valence-electron chi connectivity index (χ1n) is 12.2. The van der Waals surface area contributed by atoms with Crippen LogP contribution in [-0.4, -0.2) is 43.6 Å². The van der Waals surface area contributed by atoms with Gasteiger partial charge < -0.3 is 9.30 Å². The molecule has 0 bridgehead atoms. The Morgan fingerprint density at radius 3 is 2.35 bits per heavy atom. The third kappa shape index (κ3) is 5.91. The van der Waals surface area contributed by atoms with Gasteiger partial charge in [-0.2, -0.15) is 4.31 Å². The van der Waals surface area contributed by atoms with E-state index in [1.807, 2.05) is 34.2 Å². The molecule has 4 aromatic rings. The SMILES string of the molecule is O=S(=O)(c1ccc(N=c2scc(-c3ccccc3F)n2CCCc2ccccc2)cc1)N1CCOCC1. The predicted octanol–water partition coefficient (Wildman–Crippen LogP) is 5.24. The van der Waals surface area contributed by atoms with Crippen LogP contribution in [0.3, 0.4) is 0 Å². The number of halogens is 1. The topological polar surface area (TPSA) is 63.9 Å². The summed E-state index contributed by atoms with van der Waals surface area (Å²) in [7, 11) is -3.57. The zero-order chi connectivity index (χ0) is 25.7. The fourth-order valence-electron chi connectivity index (χ4n) is 4.34. The van der Waals surface area contributed by atoms with Crippen molar-refractivity contribution in [3.8, 4) is 11.3 Å². The van der Waals surface area contributed by atoms with Crippen molar-refractivity contribution in [2.24, 2.45) is 4.99 Å². The van der Waals surface area contributed by atoms with Crippen molar-refractivity contribution in [1.82, 2.24) is 8.87 Å². The Morgan fingerprint density at radius 2 is 1.62 bits per heavy atom. The van der Waals surface area contributed by atoms with Crippen LogP contribution in [-0.2, 0) is 27.7 Å². The second kappa shape index (κ2) is 11.5. The lowest BCUT2D eigenvalue weighted by Gasteiger charge is -2.26. The second-order valence-electron chi connectivity index (χ2n) is 8.75. The summed E-state index contributed by atoms with van der Waals surface area (Å²) in [5.74, 6) is -0.277. The van der Waals surface area contributed by atoms with Crippen LogP contribution in [0.25, 0.3) is 11.3 Å². The highest BCUT2D eigenvalue weighted by molar-refractivity contribution is 7.89. The zero-order valence-corrected chi connectivity index (χ0v) is 21.9. The molecule has 37 heavy (non-hydrogen) atoms. The molecule has 0 unspecified atom stereocenters. The molecule has 1 aliphatic heterocycles. The molecule has 0 spiro atoms. The average Bonchev–Trinajstić information content (AvgIpc) is 3.32. The third-order valence-electron chi connectivity index (χ3n) is 6.31. The lowest BCUT2D eigenvalue weighted by Crippen LogP contribution is -2.40. The molecular formula is C28H28FN3O3S2. The molecule has 0 amide bonds. The molecule has 1 saturated heterocycles. The first-order valence-corrected chi connectivity index (χ1v) is 14.5. The smallest absolute Gasteiger partial charge is 0.243 e. The van der Waals surface area contributed by atoms with Gasteiger partial charge in [-0.05, 0) is 54.8 Å². The van der Waals surface area contributed by atoms with Gasteiger partial charge in [-0.1, -0.05) is 42.5 Å². The number of nitrogens with zero attached hydrogens (tertiary/aromatic N) is 3. The molecule has 9 heteroatoms. The fraction of sp³-hybridized carbons (Fsp3) is 0.250. The minimum atomic E-state index is -3.57. The number of hydrogen-bond acceptors (Lipinski definition) is 5. The van der Waals surface area contributed by atoms with E-state index in [0.29, 0.717) is 44.1 Å². The zero-order valence-electron chi connectivity index (χ0n) is 20.3. The highest BCUT2D eigenvalue weighted by Gasteiger charge is 2.26. The Hall–Kier alpha value is -3.11. The van der Waals surface area contributed by atoms with E-state index in [0.717, 1.165) is 23.3 Å². The van der Waals surface area contributed by atoms with Crippen LogP contribution >= 0.6 is 11.3 Å². The number of ether oxygens (including phenoxy) is 1. The molecule has 0 N–H and O–H groups in total. The summed E-state index contributed by atoms with van der Waals surface area (Å²) in [5.41, 5.74) is 3.20.